The third kappa shape index (κ3) is 4.96. The molecule has 0 aliphatic heterocycles. The van der Waals surface area contributed by atoms with Crippen molar-refractivity contribution < 1.29 is 19.5 Å². The van der Waals surface area contributed by atoms with Gasteiger partial charge in [0.2, 0.25) is 11.7 Å². The van der Waals surface area contributed by atoms with Crippen LogP contribution in [0.1, 0.15) is 23.5 Å². The van der Waals surface area contributed by atoms with Crippen LogP contribution in [0, 0.1) is 0 Å². The van der Waals surface area contributed by atoms with E-state index < -0.39 is 11.8 Å². The first kappa shape index (κ1) is 20.0. The summed E-state index contributed by atoms with van der Waals surface area (Å²) in [5, 5.41) is 15.5. The number of methoxy groups -OCH3 is 1. The molecule has 0 bridgehead atoms. The van der Waals surface area contributed by atoms with Crippen molar-refractivity contribution in [2.45, 2.75) is 12.8 Å². The molecule has 0 unspecified atom stereocenters. The van der Waals surface area contributed by atoms with Gasteiger partial charge in [-0.2, -0.15) is 0 Å². The van der Waals surface area contributed by atoms with E-state index in [1.165, 1.54) is 0 Å². The molecule has 3 rings (SSSR count). The second-order valence-corrected chi connectivity index (χ2v) is 6.13. The fourth-order valence-electron chi connectivity index (χ4n) is 2.67. The fraction of sp³-hybridized carbons (Fsp3) is 0.200. The number of aromatic nitrogens is 3. The van der Waals surface area contributed by atoms with Gasteiger partial charge in [-0.25, -0.2) is 15.1 Å². The van der Waals surface area contributed by atoms with E-state index >= 15 is 0 Å². The number of hydrogen-bond donors (Lipinski definition) is 3. The van der Waals surface area contributed by atoms with Crippen LogP contribution in [-0.4, -0.2) is 45.4 Å². The van der Waals surface area contributed by atoms with E-state index in [2.05, 4.69) is 15.4 Å². The van der Waals surface area contributed by atoms with Crippen LogP contribution in [0.4, 0.5) is 0 Å². The molecule has 0 saturated heterocycles. The zero-order chi connectivity index (χ0) is 20.6. The number of hydroxylamine groups is 1. The lowest BCUT2D eigenvalue weighted by molar-refractivity contribution is -0.129. The second-order valence-electron chi connectivity index (χ2n) is 6.13. The van der Waals surface area contributed by atoms with Crippen LogP contribution < -0.4 is 15.5 Å². The lowest BCUT2D eigenvalue weighted by Crippen LogP contribution is -2.27. The summed E-state index contributed by atoms with van der Waals surface area (Å²) in [6.07, 6.45) is 0.475. The molecule has 0 atom stereocenters. The number of ether oxygens (including phenoxy) is 1. The Balaban J connectivity index is 1.84. The SMILES string of the molecule is COc1ccc(-n2nc(C(=O)NCCCC(=O)NO)nc2-c2ccccc2)cc1. The summed E-state index contributed by atoms with van der Waals surface area (Å²) >= 11 is 0. The number of nitrogens with zero attached hydrogens (tertiary/aromatic N) is 3. The molecule has 0 aliphatic carbocycles. The summed E-state index contributed by atoms with van der Waals surface area (Å²) < 4.78 is 6.79. The summed E-state index contributed by atoms with van der Waals surface area (Å²) in [6, 6.07) is 16.7. The van der Waals surface area contributed by atoms with Crippen LogP contribution in [0.15, 0.2) is 54.6 Å². The lowest BCUT2D eigenvalue weighted by atomic mass is 10.2. The summed E-state index contributed by atoms with van der Waals surface area (Å²) in [4.78, 5) is 27.9. The Morgan fingerprint density at radius 2 is 1.83 bits per heavy atom. The monoisotopic (exact) mass is 395 g/mol. The molecule has 2 aromatic carbocycles. The van der Waals surface area contributed by atoms with Crippen LogP contribution in [0.25, 0.3) is 17.1 Å². The molecule has 1 heterocycles. The largest absolute Gasteiger partial charge is 0.497 e. The van der Waals surface area contributed by atoms with Crippen molar-refractivity contribution in [3.05, 3.63) is 60.4 Å². The standard InChI is InChI=1S/C20H21N5O4/c1-29-16-11-9-15(10-12-16)25-19(14-6-3-2-4-7-14)22-18(23-25)20(27)21-13-5-8-17(26)24-28/h2-4,6-7,9-12,28H,5,8,13H2,1H3,(H,21,27)(H,24,26). The second kappa shape index (κ2) is 9.47. The molecule has 1 aromatic heterocycles. The van der Waals surface area contributed by atoms with Crippen LogP contribution in [-0.2, 0) is 4.79 Å². The third-order valence-corrected chi connectivity index (χ3v) is 4.15. The molecule has 9 nitrogen and oxygen atoms in total. The molecule has 3 aromatic rings. The van der Waals surface area contributed by atoms with Crippen molar-refractivity contribution in [2.75, 3.05) is 13.7 Å². The van der Waals surface area contributed by atoms with E-state index in [9.17, 15) is 9.59 Å². The normalized spacial score (nSPS) is 10.4. The van der Waals surface area contributed by atoms with Gasteiger partial charge < -0.3 is 10.1 Å². The minimum atomic E-state index is -0.507. The molecule has 0 radical (unpaired) electrons. The maximum absolute atomic E-state index is 12.5. The Morgan fingerprint density at radius 1 is 1.10 bits per heavy atom. The van der Waals surface area contributed by atoms with Crippen LogP contribution in [0.5, 0.6) is 5.75 Å². The minimum absolute atomic E-state index is 0.0197. The lowest BCUT2D eigenvalue weighted by Gasteiger charge is -2.07. The number of nitrogens with one attached hydrogen (secondary N) is 2. The predicted octanol–water partition coefficient (Wildman–Crippen LogP) is 1.96. The van der Waals surface area contributed by atoms with Crippen molar-refractivity contribution in [1.29, 1.82) is 0 Å². The molecule has 29 heavy (non-hydrogen) atoms. The summed E-state index contributed by atoms with van der Waals surface area (Å²) in [7, 11) is 1.59. The van der Waals surface area contributed by atoms with Crippen molar-refractivity contribution in [3.8, 4) is 22.8 Å². The molecule has 3 N–H and O–H groups in total. The molecule has 0 saturated carbocycles. The van der Waals surface area contributed by atoms with Gasteiger partial charge in [0.1, 0.15) is 5.75 Å². The Labute approximate surface area is 167 Å². The Morgan fingerprint density at radius 3 is 2.48 bits per heavy atom. The van der Waals surface area contributed by atoms with Crippen molar-refractivity contribution in [2.24, 2.45) is 0 Å². The highest BCUT2D eigenvalue weighted by Crippen LogP contribution is 2.22. The van der Waals surface area contributed by atoms with Gasteiger partial charge in [0.25, 0.3) is 5.91 Å². The maximum Gasteiger partial charge on any atom is 0.290 e. The fourth-order valence-corrected chi connectivity index (χ4v) is 2.67. The highest BCUT2D eigenvalue weighted by Gasteiger charge is 2.18. The zero-order valence-corrected chi connectivity index (χ0v) is 15.8. The first-order valence-electron chi connectivity index (χ1n) is 9.00. The molecule has 2 amide bonds. The average Bonchev–Trinajstić information content (AvgIpc) is 3.22. The van der Waals surface area contributed by atoms with Gasteiger partial charge in [-0.3, -0.25) is 14.8 Å². The minimum Gasteiger partial charge on any atom is -0.497 e. The highest BCUT2D eigenvalue weighted by molar-refractivity contribution is 5.91. The highest BCUT2D eigenvalue weighted by atomic mass is 16.5. The topological polar surface area (TPSA) is 118 Å². The van der Waals surface area contributed by atoms with E-state index in [1.54, 1.807) is 29.4 Å². The van der Waals surface area contributed by atoms with Gasteiger partial charge >= 0.3 is 0 Å². The number of carbonyl (C=O) groups is 2. The zero-order valence-electron chi connectivity index (χ0n) is 15.8. The van der Waals surface area contributed by atoms with E-state index in [0.717, 1.165) is 11.3 Å². The van der Waals surface area contributed by atoms with E-state index in [-0.39, 0.29) is 18.8 Å². The van der Waals surface area contributed by atoms with Crippen molar-refractivity contribution >= 4 is 11.8 Å². The summed E-state index contributed by atoms with van der Waals surface area (Å²) in [5.41, 5.74) is 3.10. The predicted molar refractivity (Wildman–Crippen MR) is 105 cm³/mol. The quantitative estimate of drug-likeness (QED) is 0.305. The summed E-state index contributed by atoms with van der Waals surface area (Å²) in [5.74, 6) is 0.304. The molecular formula is C20H21N5O4. The van der Waals surface area contributed by atoms with Gasteiger partial charge in [0.15, 0.2) is 5.82 Å². The molecule has 9 heteroatoms. The smallest absolute Gasteiger partial charge is 0.290 e. The van der Waals surface area contributed by atoms with Crippen LogP contribution in [0.3, 0.4) is 0 Å². The van der Waals surface area contributed by atoms with E-state index in [1.807, 2.05) is 42.5 Å². The number of rotatable bonds is 8. The number of benzene rings is 2. The third-order valence-electron chi connectivity index (χ3n) is 4.15. The van der Waals surface area contributed by atoms with Gasteiger partial charge in [-0.05, 0) is 30.7 Å². The van der Waals surface area contributed by atoms with Crippen molar-refractivity contribution in [1.82, 2.24) is 25.6 Å². The molecule has 0 aliphatic rings. The maximum atomic E-state index is 12.5. The van der Waals surface area contributed by atoms with Gasteiger partial charge in [-0.15, -0.1) is 5.10 Å². The summed E-state index contributed by atoms with van der Waals surface area (Å²) in [6.45, 7) is 0.254. The number of hydrogen-bond acceptors (Lipinski definition) is 6. The van der Waals surface area contributed by atoms with Gasteiger partial charge in [0, 0.05) is 18.5 Å². The Kier molecular flexibility index (Phi) is 6.54. The Hall–Kier alpha value is -3.72. The number of amides is 2. The average molecular weight is 395 g/mol. The van der Waals surface area contributed by atoms with Gasteiger partial charge in [0.05, 0.1) is 12.8 Å². The van der Waals surface area contributed by atoms with Crippen LogP contribution in [0.2, 0.25) is 0 Å². The first-order chi connectivity index (χ1) is 14.1. The van der Waals surface area contributed by atoms with Crippen LogP contribution >= 0.6 is 0 Å². The molecule has 0 fully saturated rings. The number of carbonyl (C=O) groups excluding carboxylic acids is 2. The first-order valence-corrected chi connectivity index (χ1v) is 9.00. The Bertz CT molecular complexity index is 970. The molecular weight excluding hydrogens is 374 g/mol. The molecule has 0 spiro atoms. The van der Waals surface area contributed by atoms with Crippen molar-refractivity contribution in [3.63, 3.8) is 0 Å². The van der Waals surface area contributed by atoms with E-state index in [4.69, 9.17) is 9.94 Å². The van der Waals surface area contributed by atoms with E-state index in [0.29, 0.717) is 18.0 Å². The van der Waals surface area contributed by atoms with Gasteiger partial charge in [-0.1, -0.05) is 30.3 Å². The molecule has 150 valence electrons.